The Bertz CT molecular complexity index is 397. The van der Waals surface area contributed by atoms with Crippen LogP contribution < -0.4 is 5.32 Å². The molecule has 118 valence electrons. The summed E-state index contributed by atoms with van der Waals surface area (Å²) in [5.74, 6) is 0.688. The number of ether oxygens (including phenoxy) is 1. The lowest BCUT2D eigenvalue weighted by Crippen LogP contribution is -2.54. The highest BCUT2D eigenvalue weighted by Crippen LogP contribution is 2.41. The second-order valence-corrected chi connectivity index (χ2v) is 6.44. The van der Waals surface area contributed by atoms with E-state index in [1.807, 2.05) is 0 Å². The molecular weight excluding hydrogens is 258 g/mol. The van der Waals surface area contributed by atoms with Crippen LogP contribution in [0, 0.1) is 5.92 Å². The molecule has 1 N–H and O–H groups in total. The van der Waals surface area contributed by atoms with Gasteiger partial charge in [-0.05, 0) is 37.3 Å². The van der Waals surface area contributed by atoms with Crippen LogP contribution in [0.2, 0.25) is 0 Å². The molecule has 21 heavy (non-hydrogen) atoms. The van der Waals surface area contributed by atoms with E-state index in [1.54, 1.807) is 0 Å². The molecule has 0 aromatic heterocycles. The van der Waals surface area contributed by atoms with E-state index in [4.69, 9.17) is 4.74 Å². The minimum atomic E-state index is 0.226. The highest BCUT2D eigenvalue weighted by atomic mass is 16.5. The zero-order valence-electron chi connectivity index (χ0n) is 13.9. The van der Waals surface area contributed by atoms with Gasteiger partial charge in [-0.2, -0.15) is 0 Å². The normalized spacial score (nSPS) is 20.9. The maximum atomic E-state index is 5.69. The lowest BCUT2D eigenvalue weighted by molar-refractivity contribution is 0.0245. The monoisotopic (exact) mass is 289 g/mol. The van der Waals surface area contributed by atoms with Gasteiger partial charge in [-0.3, -0.25) is 0 Å². The van der Waals surface area contributed by atoms with Gasteiger partial charge in [0.1, 0.15) is 0 Å². The highest BCUT2D eigenvalue weighted by Gasteiger charge is 2.43. The minimum Gasteiger partial charge on any atom is -0.381 e. The van der Waals surface area contributed by atoms with Crippen molar-refractivity contribution >= 4 is 0 Å². The summed E-state index contributed by atoms with van der Waals surface area (Å²) >= 11 is 0. The van der Waals surface area contributed by atoms with Crippen molar-refractivity contribution in [3.8, 4) is 0 Å². The number of benzene rings is 1. The molecule has 1 fully saturated rings. The molecule has 1 heterocycles. The van der Waals surface area contributed by atoms with Gasteiger partial charge in [-0.1, -0.05) is 57.5 Å². The minimum absolute atomic E-state index is 0.226. The first kappa shape index (κ1) is 16.5. The Kier molecular flexibility index (Phi) is 6.25. The Balaban J connectivity index is 2.36. The van der Waals surface area contributed by atoms with E-state index in [2.05, 4.69) is 56.4 Å². The first-order valence-electron chi connectivity index (χ1n) is 8.61. The molecule has 2 rings (SSSR count). The Labute approximate surface area is 130 Å². The molecule has 1 aliphatic heterocycles. The summed E-state index contributed by atoms with van der Waals surface area (Å²) in [5.41, 5.74) is 1.71. The van der Waals surface area contributed by atoms with Crippen LogP contribution >= 0.6 is 0 Å². The van der Waals surface area contributed by atoms with E-state index in [0.29, 0.717) is 12.0 Å². The zero-order valence-corrected chi connectivity index (χ0v) is 13.9. The molecule has 1 aliphatic rings. The van der Waals surface area contributed by atoms with Crippen LogP contribution in [-0.2, 0) is 10.2 Å². The molecule has 0 radical (unpaired) electrons. The molecule has 2 atom stereocenters. The second kappa shape index (κ2) is 7.95. The standard InChI is InChI=1S/C19H31NO/c1-4-9-16(3)18(20-5-2)19(12-14-21-15-13-19)17-10-7-6-8-11-17/h6-8,10-11,16,18,20H,4-5,9,12-15H2,1-3H3. The fourth-order valence-electron chi connectivity index (χ4n) is 4.07. The van der Waals surface area contributed by atoms with Gasteiger partial charge in [0, 0.05) is 24.7 Å². The van der Waals surface area contributed by atoms with Crippen molar-refractivity contribution in [3.05, 3.63) is 35.9 Å². The molecule has 2 unspecified atom stereocenters. The third kappa shape index (κ3) is 3.67. The summed E-state index contributed by atoms with van der Waals surface area (Å²) in [6, 6.07) is 11.6. The van der Waals surface area contributed by atoms with Crippen LogP contribution in [0.25, 0.3) is 0 Å². The summed E-state index contributed by atoms with van der Waals surface area (Å²) in [7, 11) is 0. The first-order valence-corrected chi connectivity index (χ1v) is 8.61. The topological polar surface area (TPSA) is 21.3 Å². The van der Waals surface area contributed by atoms with Crippen LogP contribution in [0.4, 0.5) is 0 Å². The molecule has 0 amide bonds. The predicted molar refractivity (Wildman–Crippen MR) is 89.7 cm³/mol. The lowest BCUT2D eigenvalue weighted by atomic mass is 9.64. The number of nitrogens with one attached hydrogen (secondary N) is 1. The van der Waals surface area contributed by atoms with Gasteiger partial charge in [0.05, 0.1) is 0 Å². The maximum Gasteiger partial charge on any atom is 0.0475 e. The SMILES string of the molecule is CCCC(C)C(NCC)C1(c2ccccc2)CCOCC1. The average molecular weight is 289 g/mol. The maximum absolute atomic E-state index is 5.69. The molecule has 0 bridgehead atoms. The van der Waals surface area contributed by atoms with Crippen LogP contribution in [0.15, 0.2) is 30.3 Å². The summed E-state index contributed by atoms with van der Waals surface area (Å²) in [6.45, 7) is 9.73. The van der Waals surface area contributed by atoms with E-state index >= 15 is 0 Å². The molecule has 2 heteroatoms. The molecule has 0 aliphatic carbocycles. The van der Waals surface area contributed by atoms with Crippen molar-refractivity contribution in [2.24, 2.45) is 5.92 Å². The largest absolute Gasteiger partial charge is 0.381 e. The fourth-order valence-corrected chi connectivity index (χ4v) is 4.07. The molecule has 2 nitrogen and oxygen atoms in total. The predicted octanol–water partition coefficient (Wildman–Crippen LogP) is 4.15. The summed E-state index contributed by atoms with van der Waals surface area (Å²) in [6.07, 6.45) is 4.79. The Morgan fingerprint density at radius 1 is 1.14 bits per heavy atom. The fraction of sp³-hybridized carbons (Fsp3) is 0.684. The third-order valence-electron chi connectivity index (χ3n) is 5.07. The van der Waals surface area contributed by atoms with Crippen LogP contribution in [-0.4, -0.2) is 25.8 Å². The molecule has 1 aromatic rings. The van der Waals surface area contributed by atoms with Gasteiger partial charge in [0.25, 0.3) is 0 Å². The van der Waals surface area contributed by atoms with Crippen LogP contribution in [0.3, 0.4) is 0 Å². The van der Waals surface area contributed by atoms with Crippen molar-refractivity contribution in [2.75, 3.05) is 19.8 Å². The number of hydrogen-bond donors (Lipinski definition) is 1. The molecule has 0 saturated carbocycles. The lowest BCUT2D eigenvalue weighted by Gasteiger charge is -2.47. The average Bonchev–Trinajstić information content (AvgIpc) is 2.54. The zero-order chi connectivity index (χ0) is 15.1. The van der Waals surface area contributed by atoms with Gasteiger partial charge in [0.2, 0.25) is 0 Å². The van der Waals surface area contributed by atoms with Crippen molar-refractivity contribution in [3.63, 3.8) is 0 Å². The molecule has 1 aromatic carbocycles. The highest BCUT2D eigenvalue weighted by molar-refractivity contribution is 5.29. The van der Waals surface area contributed by atoms with Crippen molar-refractivity contribution in [1.29, 1.82) is 0 Å². The van der Waals surface area contributed by atoms with Crippen LogP contribution in [0.5, 0.6) is 0 Å². The van der Waals surface area contributed by atoms with E-state index in [1.165, 1.54) is 18.4 Å². The van der Waals surface area contributed by atoms with Gasteiger partial charge >= 0.3 is 0 Å². The van der Waals surface area contributed by atoms with E-state index in [0.717, 1.165) is 32.6 Å². The van der Waals surface area contributed by atoms with E-state index < -0.39 is 0 Å². The van der Waals surface area contributed by atoms with Gasteiger partial charge < -0.3 is 10.1 Å². The summed E-state index contributed by atoms with van der Waals surface area (Å²) in [5, 5.41) is 3.82. The summed E-state index contributed by atoms with van der Waals surface area (Å²) in [4.78, 5) is 0. The number of likely N-dealkylation sites (N-methyl/N-ethyl adjacent to an activating group) is 1. The Hall–Kier alpha value is -0.860. The van der Waals surface area contributed by atoms with Gasteiger partial charge in [0.15, 0.2) is 0 Å². The Morgan fingerprint density at radius 2 is 1.81 bits per heavy atom. The third-order valence-corrected chi connectivity index (χ3v) is 5.07. The molecular formula is C19H31NO. The van der Waals surface area contributed by atoms with Gasteiger partial charge in [-0.15, -0.1) is 0 Å². The summed E-state index contributed by atoms with van der Waals surface area (Å²) < 4.78 is 5.69. The van der Waals surface area contributed by atoms with Crippen molar-refractivity contribution in [1.82, 2.24) is 5.32 Å². The number of rotatable bonds is 7. The second-order valence-electron chi connectivity index (χ2n) is 6.44. The van der Waals surface area contributed by atoms with Crippen LogP contribution in [0.1, 0.15) is 52.0 Å². The molecule has 0 spiro atoms. The van der Waals surface area contributed by atoms with E-state index in [-0.39, 0.29) is 5.41 Å². The number of hydrogen-bond acceptors (Lipinski definition) is 2. The van der Waals surface area contributed by atoms with Crippen molar-refractivity contribution < 1.29 is 4.74 Å². The van der Waals surface area contributed by atoms with Gasteiger partial charge in [-0.25, -0.2) is 0 Å². The quantitative estimate of drug-likeness (QED) is 0.814. The van der Waals surface area contributed by atoms with E-state index in [9.17, 15) is 0 Å². The first-order chi connectivity index (χ1) is 10.2. The molecule has 1 saturated heterocycles. The Morgan fingerprint density at radius 3 is 2.38 bits per heavy atom. The smallest absolute Gasteiger partial charge is 0.0475 e. The van der Waals surface area contributed by atoms with Crippen molar-refractivity contribution in [2.45, 2.75) is 57.9 Å².